The highest BCUT2D eigenvalue weighted by Gasteiger charge is 2.33. The number of urea groups is 1. The highest BCUT2D eigenvalue weighted by molar-refractivity contribution is 5.92. The molecule has 0 saturated carbocycles. The van der Waals surface area contributed by atoms with Gasteiger partial charge in [-0.2, -0.15) is 0 Å². The molecule has 2 amide bonds. The largest absolute Gasteiger partial charge is 0.493 e. The van der Waals surface area contributed by atoms with Crippen LogP contribution in [0, 0.1) is 0 Å². The number of amides is 2. The lowest BCUT2D eigenvalue weighted by molar-refractivity contribution is 0.0461. The molecule has 2 heterocycles. The Hall–Kier alpha value is -2.96. The highest BCUT2D eigenvalue weighted by Crippen LogP contribution is 2.35. The summed E-state index contributed by atoms with van der Waals surface area (Å²) < 4.78 is 16.2. The maximum Gasteiger partial charge on any atom is 0.322 e. The maximum absolute atomic E-state index is 12.3. The number of nitrogens with zero attached hydrogens (tertiary/aromatic N) is 2. The Labute approximate surface area is 140 Å². The molecule has 1 aromatic carbocycles. The lowest BCUT2D eigenvalue weighted by Crippen LogP contribution is -2.57. The molecule has 1 aliphatic rings. The van der Waals surface area contributed by atoms with Gasteiger partial charge in [0.1, 0.15) is 6.10 Å². The van der Waals surface area contributed by atoms with Gasteiger partial charge in [0, 0.05) is 12.3 Å². The summed E-state index contributed by atoms with van der Waals surface area (Å²) in [4.78, 5) is 18.1. The number of carbonyl (C=O) groups is 1. The van der Waals surface area contributed by atoms with Crippen LogP contribution >= 0.6 is 0 Å². The monoisotopic (exact) mass is 329 g/mol. The molecule has 1 aliphatic heterocycles. The molecule has 0 aliphatic carbocycles. The van der Waals surface area contributed by atoms with Gasteiger partial charge in [-0.15, -0.1) is 0 Å². The smallest absolute Gasteiger partial charge is 0.322 e. The lowest BCUT2D eigenvalue weighted by atomic mass is 10.2. The van der Waals surface area contributed by atoms with E-state index in [2.05, 4.69) is 10.3 Å². The average Bonchev–Trinajstić information content (AvgIpc) is 2.58. The average molecular weight is 329 g/mol. The normalized spacial score (nSPS) is 13.8. The van der Waals surface area contributed by atoms with Crippen molar-refractivity contribution in [1.82, 2.24) is 9.88 Å². The zero-order valence-corrected chi connectivity index (χ0v) is 13.6. The van der Waals surface area contributed by atoms with Crippen LogP contribution in [0.25, 0.3) is 0 Å². The minimum atomic E-state index is -0.206. The zero-order chi connectivity index (χ0) is 16.9. The molecule has 1 saturated heterocycles. The summed E-state index contributed by atoms with van der Waals surface area (Å²) in [6, 6.07) is 10.6. The van der Waals surface area contributed by atoms with Crippen molar-refractivity contribution < 1.29 is 19.0 Å². The van der Waals surface area contributed by atoms with Crippen LogP contribution in [0.1, 0.15) is 0 Å². The second-order valence-corrected chi connectivity index (χ2v) is 5.28. The van der Waals surface area contributed by atoms with E-state index < -0.39 is 0 Å². The first-order valence-corrected chi connectivity index (χ1v) is 7.56. The quantitative estimate of drug-likeness (QED) is 0.912. The Morgan fingerprint density at radius 1 is 1.17 bits per heavy atom. The molecular weight excluding hydrogens is 310 g/mol. The third-order valence-electron chi connectivity index (χ3n) is 3.70. The standard InChI is InChI=1S/C17H19N3O4/c1-22-14-7-5-6-13(16(14)23-2)19-17(21)20-10-12(11-20)24-15-8-3-4-9-18-15/h3-9,12H,10-11H2,1-2H3,(H,19,21). The first-order valence-electron chi connectivity index (χ1n) is 7.56. The van der Waals surface area contributed by atoms with E-state index in [0.717, 1.165) is 0 Å². The summed E-state index contributed by atoms with van der Waals surface area (Å²) in [6.07, 6.45) is 1.63. The van der Waals surface area contributed by atoms with Crippen LogP contribution in [-0.2, 0) is 0 Å². The zero-order valence-electron chi connectivity index (χ0n) is 13.6. The molecule has 0 atom stereocenters. The topological polar surface area (TPSA) is 72.9 Å². The molecule has 24 heavy (non-hydrogen) atoms. The lowest BCUT2D eigenvalue weighted by Gasteiger charge is -2.38. The van der Waals surface area contributed by atoms with Gasteiger partial charge in [-0.1, -0.05) is 12.1 Å². The number of rotatable bonds is 5. The molecule has 0 spiro atoms. The van der Waals surface area contributed by atoms with E-state index in [9.17, 15) is 4.79 Å². The van der Waals surface area contributed by atoms with E-state index in [-0.39, 0.29) is 12.1 Å². The summed E-state index contributed by atoms with van der Waals surface area (Å²) in [5.41, 5.74) is 0.566. The molecule has 126 valence electrons. The Morgan fingerprint density at radius 3 is 2.67 bits per heavy atom. The summed E-state index contributed by atoms with van der Waals surface area (Å²) >= 11 is 0. The number of aromatic nitrogens is 1. The molecular formula is C17H19N3O4. The van der Waals surface area contributed by atoms with Crippen molar-refractivity contribution >= 4 is 11.7 Å². The molecule has 3 rings (SSSR count). The second-order valence-electron chi connectivity index (χ2n) is 5.28. The fraction of sp³-hybridized carbons (Fsp3) is 0.294. The van der Waals surface area contributed by atoms with Gasteiger partial charge in [0.05, 0.1) is 33.0 Å². The van der Waals surface area contributed by atoms with E-state index in [0.29, 0.717) is 36.2 Å². The summed E-state index contributed by atoms with van der Waals surface area (Å²) in [5, 5.41) is 2.83. The van der Waals surface area contributed by atoms with Crippen LogP contribution in [0.4, 0.5) is 10.5 Å². The van der Waals surface area contributed by atoms with Crippen LogP contribution in [0.2, 0.25) is 0 Å². The second kappa shape index (κ2) is 7.08. The number of hydrogen-bond donors (Lipinski definition) is 1. The van der Waals surface area contributed by atoms with E-state index in [1.807, 2.05) is 12.1 Å². The number of nitrogens with one attached hydrogen (secondary N) is 1. The van der Waals surface area contributed by atoms with Gasteiger partial charge >= 0.3 is 6.03 Å². The number of pyridine rings is 1. The van der Waals surface area contributed by atoms with Gasteiger partial charge in [0.15, 0.2) is 11.5 Å². The van der Waals surface area contributed by atoms with Gasteiger partial charge in [0.2, 0.25) is 5.88 Å². The third kappa shape index (κ3) is 3.34. The minimum Gasteiger partial charge on any atom is -0.493 e. The number of carbonyl (C=O) groups excluding carboxylic acids is 1. The van der Waals surface area contributed by atoms with Crippen molar-refractivity contribution in [2.24, 2.45) is 0 Å². The van der Waals surface area contributed by atoms with Crippen LogP contribution < -0.4 is 19.5 Å². The third-order valence-corrected chi connectivity index (χ3v) is 3.70. The maximum atomic E-state index is 12.3. The Morgan fingerprint density at radius 2 is 2.00 bits per heavy atom. The molecule has 7 heteroatoms. The minimum absolute atomic E-state index is 0.0437. The van der Waals surface area contributed by atoms with Gasteiger partial charge in [0.25, 0.3) is 0 Å². The van der Waals surface area contributed by atoms with Crippen LogP contribution in [0.5, 0.6) is 17.4 Å². The van der Waals surface area contributed by atoms with Crippen LogP contribution in [0.15, 0.2) is 42.6 Å². The highest BCUT2D eigenvalue weighted by atomic mass is 16.5. The molecule has 2 aromatic rings. The van der Waals surface area contributed by atoms with Gasteiger partial charge < -0.3 is 24.4 Å². The Kier molecular flexibility index (Phi) is 4.69. The van der Waals surface area contributed by atoms with E-state index >= 15 is 0 Å². The first-order chi connectivity index (χ1) is 11.7. The molecule has 7 nitrogen and oxygen atoms in total. The van der Waals surface area contributed by atoms with Gasteiger partial charge in [-0.3, -0.25) is 0 Å². The predicted octanol–water partition coefficient (Wildman–Crippen LogP) is 2.39. The molecule has 1 fully saturated rings. The summed E-state index contributed by atoms with van der Waals surface area (Å²) in [5.74, 6) is 1.63. The number of hydrogen-bond acceptors (Lipinski definition) is 5. The van der Waals surface area contributed by atoms with E-state index in [1.165, 1.54) is 7.11 Å². The fourth-order valence-corrected chi connectivity index (χ4v) is 2.45. The first kappa shape index (κ1) is 15.9. The molecule has 0 radical (unpaired) electrons. The number of methoxy groups -OCH3 is 2. The van der Waals surface area contributed by atoms with Crippen molar-refractivity contribution in [1.29, 1.82) is 0 Å². The van der Waals surface area contributed by atoms with Crippen molar-refractivity contribution in [3.63, 3.8) is 0 Å². The number of anilines is 1. The van der Waals surface area contributed by atoms with Crippen molar-refractivity contribution in [3.05, 3.63) is 42.6 Å². The number of benzene rings is 1. The molecule has 1 aromatic heterocycles. The number of ether oxygens (including phenoxy) is 3. The van der Waals surface area contributed by atoms with Crippen molar-refractivity contribution in [2.75, 3.05) is 32.6 Å². The van der Waals surface area contributed by atoms with E-state index in [1.54, 1.807) is 42.5 Å². The number of likely N-dealkylation sites (tertiary alicyclic amines) is 1. The molecule has 1 N–H and O–H groups in total. The fourth-order valence-electron chi connectivity index (χ4n) is 2.45. The summed E-state index contributed by atoms with van der Waals surface area (Å²) in [7, 11) is 3.09. The van der Waals surface area contributed by atoms with Gasteiger partial charge in [-0.05, 0) is 18.2 Å². The SMILES string of the molecule is COc1cccc(NC(=O)N2CC(Oc3ccccn3)C2)c1OC. The van der Waals surface area contributed by atoms with E-state index in [4.69, 9.17) is 14.2 Å². The predicted molar refractivity (Wildman–Crippen MR) is 88.8 cm³/mol. The van der Waals surface area contributed by atoms with Crippen molar-refractivity contribution in [2.45, 2.75) is 6.10 Å². The molecule has 0 unspecified atom stereocenters. The van der Waals surface area contributed by atoms with Gasteiger partial charge in [-0.25, -0.2) is 9.78 Å². The van der Waals surface area contributed by atoms with Crippen molar-refractivity contribution in [3.8, 4) is 17.4 Å². The summed E-state index contributed by atoms with van der Waals surface area (Å²) in [6.45, 7) is 1.02. The Bertz CT molecular complexity index is 702. The molecule has 0 bridgehead atoms. The number of para-hydroxylation sites is 1. The van der Waals surface area contributed by atoms with Crippen LogP contribution in [0.3, 0.4) is 0 Å². The van der Waals surface area contributed by atoms with Crippen LogP contribution in [-0.4, -0.2) is 49.3 Å². The Balaban J connectivity index is 1.56.